The molecule has 0 bridgehead atoms. The monoisotopic (exact) mass is 1250 g/mol. The number of aliphatic hydroxyl groups is 2. The molecular weight excluding hydrogens is 1150 g/mol. The van der Waals surface area contributed by atoms with E-state index in [1.165, 1.54) is 27.7 Å². The quantitative estimate of drug-likeness (QED) is 0.0267. The first-order valence-corrected chi connectivity index (χ1v) is 46.6. The third-order valence-electron chi connectivity index (χ3n) is 12.8. The van der Waals surface area contributed by atoms with Gasteiger partial charge in [0.2, 0.25) is 0 Å². The molecule has 0 amide bonds. The van der Waals surface area contributed by atoms with Crippen LogP contribution >= 0.6 is 0 Å². The SMILES string of the molecule is C.CC(C)(O)C(=O)c1ccc(OCCC[Si](C)(C)O[Si](C)(C)Oc2ccc(C(=O)C(C)(C)O)cc2)cc1.C[SiH](C)O[Si](C)(C)OC(C)(C)C(=O)c1ccc(OCCC[Si](C)(C)O[Si](C)(C)CCCOc2ccc(C(=O)C(C)(C)C)cc2)cc1. The van der Waals surface area contributed by atoms with Crippen molar-refractivity contribution < 1.29 is 64.8 Å². The van der Waals surface area contributed by atoms with Crippen LogP contribution < -0.4 is 18.6 Å². The van der Waals surface area contributed by atoms with Crippen LogP contribution in [0, 0.1) is 5.41 Å². The third kappa shape index (κ3) is 27.4. The molecule has 4 aromatic rings. The Bertz CT molecular complexity index is 2670. The zero-order valence-electron chi connectivity index (χ0n) is 53.5. The average Bonchev–Trinajstić information content (AvgIpc) is 3.50. The Morgan fingerprint density at radius 3 is 1.01 bits per heavy atom. The fourth-order valence-electron chi connectivity index (χ4n) is 9.46. The van der Waals surface area contributed by atoms with E-state index in [1.807, 2.05) is 109 Å². The summed E-state index contributed by atoms with van der Waals surface area (Å²) in [6.07, 6.45) is 2.67. The van der Waals surface area contributed by atoms with Gasteiger partial charge in [-0.3, -0.25) is 19.2 Å². The summed E-state index contributed by atoms with van der Waals surface area (Å²) < 4.78 is 49.7. The molecule has 0 aliphatic rings. The van der Waals surface area contributed by atoms with E-state index in [4.69, 9.17) is 35.4 Å². The second kappa shape index (κ2) is 30.9. The highest BCUT2D eigenvalue weighted by atomic mass is 28.4. The third-order valence-corrected chi connectivity index (χ3v) is 32.0. The van der Waals surface area contributed by atoms with Crippen molar-refractivity contribution in [3.63, 3.8) is 0 Å². The fraction of sp³-hybridized carbons (Fsp3) is 0.556. The first kappa shape index (κ1) is 74.9. The summed E-state index contributed by atoms with van der Waals surface area (Å²) in [4.78, 5) is 50.0. The van der Waals surface area contributed by atoms with E-state index in [2.05, 4.69) is 52.4 Å². The number of benzene rings is 4. The second-order valence-electron chi connectivity index (χ2n) is 26.8. The van der Waals surface area contributed by atoms with E-state index in [0.29, 0.717) is 53.6 Å². The van der Waals surface area contributed by atoms with Crippen molar-refractivity contribution in [2.45, 2.75) is 203 Å². The van der Waals surface area contributed by atoms with Crippen LogP contribution in [0.2, 0.25) is 96.7 Å². The van der Waals surface area contributed by atoms with Gasteiger partial charge in [0.25, 0.3) is 0 Å². The standard InChI is InChI=1S/C35H60O7Si4.C27H40O7Si2.CH4/c1-34(2,3)32(36)28-16-20-30(21-17-28)38-24-14-26-44(8,9)42-45(10,11)27-15-25-39-31-22-18-29(19-23-31)33(37)35(4,5)40-46(12,13)41-43(6)7;1-26(2,30)24(28)20-10-14-22(15-11-20)32-18-9-19-35(5,6)34-36(7,8)33-23-16-12-21(13-17-23)25(29)27(3,4)31;/h16-23,43H,14-15,24-27H2,1-13H3;10-17,30-31H,9,18-19H2,1-8H3;1H4. The summed E-state index contributed by atoms with van der Waals surface area (Å²) in [7, 11) is -11.9. The molecule has 0 unspecified atom stereocenters. The molecule has 83 heavy (non-hydrogen) atoms. The van der Waals surface area contributed by atoms with E-state index in [0.717, 1.165) is 48.9 Å². The van der Waals surface area contributed by atoms with Crippen LogP contribution in [-0.2, 0) is 16.8 Å². The molecule has 4 rings (SSSR count). The fourth-order valence-corrected chi connectivity index (χ4v) is 31.9. The summed E-state index contributed by atoms with van der Waals surface area (Å²) >= 11 is 0. The van der Waals surface area contributed by atoms with Gasteiger partial charge in [-0.1, -0.05) is 28.2 Å². The number of ketones is 4. The van der Waals surface area contributed by atoms with Gasteiger partial charge in [0.15, 0.2) is 57.1 Å². The lowest BCUT2D eigenvalue weighted by atomic mass is 9.86. The van der Waals surface area contributed by atoms with Crippen LogP contribution in [0.3, 0.4) is 0 Å². The lowest BCUT2D eigenvalue weighted by Crippen LogP contribution is -2.49. The lowest BCUT2D eigenvalue weighted by molar-refractivity contribution is 0.0479. The van der Waals surface area contributed by atoms with Crippen molar-refractivity contribution in [1.82, 2.24) is 0 Å². The minimum Gasteiger partial charge on any atom is -0.521 e. The van der Waals surface area contributed by atoms with Crippen molar-refractivity contribution in [1.29, 1.82) is 0 Å². The number of hydrogen-bond acceptors (Lipinski definition) is 14. The highest BCUT2D eigenvalue weighted by Crippen LogP contribution is 2.30. The van der Waals surface area contributed by atoms with E-state index in [1.54, 1.807) is 48.5 Å². The van der Waals surface area contributed by atoms with E-state index >= 15 is 0 Å². The zero-order chi connectivity index (χ0) is 62.3. The summed E-state index contributed by atoms with van der Waals surface area (Å²) in [6.45, 7) is 42.8. The minimum absolute atomic E-state index is 0. The summed E-state index contributed by atoms with van der Waals surface area (Å²) in [5.41, 5.74) is -1.97. The second-order valence-corrected chi connectivity index (χ2v) is 49.5. The number of ether oxygens (including phenoxy) is 3. The molecule has 0 saturated heterocycles. The predicted molar refractivity (Wildman–Crippen MR) is 352 cm³/mol. The van der Waals surface area contributed by atoms with E-state index in [9.17, 15) is 29.4 Å². The Labute approximate surface area is 506 Å². The Balaban J connectivity index is 0.000000576. The van der Waals surface area contributed by atoms with Crippen LogP contribution in [0.15, 0.2) is 97.1 Å². The number of carbonyl (C=O) groups is 4. The van der Waals surface area contributed by atoms with Crippen LogP contribution in [0.1, 0.15) is 130 Å². The van der Waals surface area contributed by atoms with Gasteiger partial charge in [-0.2, -0.15) is 0 Å². The molecule has 0 aliphatic carbocycles. The molecule has 0 fully saturated rings. The molecule has 464 valence electrons. The topological polar surface area (TPSA) is 183 Å². The van der Waals surface area contributed by atoms with Gasteiger partial charge in [-0.25, -0.2) is 0 Å². The first-order valence-electron chi connectivity index (χ1n) is 28.8. The Hall–Kier alpha value is -4.18. The highest BCUT2D eigenvalue weighted by molar-refractivity contribution is 6.85. The van der Waals surface area contributed by atoms with Crippen molar-refractivity contribution in [2.24, 2.45) is 5.41 Å². The van der Waals surface area contributed by atoms with E-state index < -0.39 is 73.3 Å². The van der Waals surface area contributed by atoms with Gasteiger partial charge in [0.1, 0.15) is 39.8 Å². The summed E-state index contributed by atoms with van der Waals surface area (Å²) in [6, 6.07) is 31.4. The van der Waals surface area contributed by atoms with Gasteiger partial charge >= 0.3 is 17.1 Å². The van der Waals surface area contributed by atoms with Gasteiger partial charge < -0.3 is 45.6 Å². The number of rotatable bonds is 32. The molecule has 0 aromatic heterocycles. The maximum absolute atomic E-state index is 13.2. The normalized spacial score (nSPS) is 12.9. The highest BCUT2D eigenvalue weighted by Gasteiger charge is 2.40. The van der Waals surface area contributed by atoms with Crippen molar-refractivity contribution in [2.75, 3.05) is 19.8 Å². The van der Waals surface area contributed by atoms with Gasteiger partial charge in [0, 0.05) is 27.7 Å². The molecule has 0 heterocycles. The van der Waals surface area contributed by atoms with Gasteiger partial charge in [-0.15, -0.1) is 0 Å². The molecule has 14 nitrogen and oxygen atoms in total. The minimum atomic E-state index is -2.48. The average molecular weight is 1250 g/mol. The van der Waals surface area contributed by atoms with Crippen molar-refractivity contribution in [3.05, 3.63) is 119 Å². The van der Waals surface area contributed by atoms with Gasteiger partial charge in [-0.05, 0) is 255 Å². The summed E-state index contributed by atoms with van der Waals surface area (Å²) in [5, 5.41) is 19.8. The van der Waals surface area contributed by atoms with Crippen LogP contribution in [0.5, 0.6) is 23.0 Å². The lowest BCUT2D eigenvalue weighted by Gasteiger charge is -2.34. The Morgan fingerprint density at radius 2 is 0.711 bits per heavy atom. The molecular formula is C63H104O14Si6. The molecule has 2 N–H and O–H groups in total. The summed E-state index contributed by atoms with van der Waals surface area (Å²) in [5.74, 6) is 2.27. The molecule has 0 spiro atoms. The number of carbonyl (C=O) groups excluding carboxylic acids is 4. The van der Waals surface area contributed by atoms with Crippen LogP contribution in [0.4, 0.5) is 0 Å². The first-order chi connectivity index (χ1) is 37.4. The van der Waals surface area contributed by atoms with Crippen LogP contribution in [-0.4, -0.2) is 121 Å². The van der Waals surface area contributed by atoms with Crippen molar-refractivity contribution >= 4 is 74.2 Å². The van der Waals surface area contributed by atoms with Crippen LogP contribution in [0.25, 0.3) is 0 Å². The Kier molecular flexibility index (Phi) is 27.9. The molecule has 0 aliphatic heterocycles. The maximum Gasteiger partial charge on any atom is 0.382 e. The molecule has 4 aromatic carbocycles. The predicted octanol–water partition coefficient (Wildman–Crippen LogP) is 15.3. The smallest absolute Gasteiger partial charge is 0.382 e. The van der Waals surface area contributed by atoms with Crippen molar-refractivity contribution in [3.8, 4) is 23.0 Å². The van der Waals surface area contributed by atoms with Gasteiger partial charge in [0.05, 0.1) is 19.8 Å². The molecule has 0 radical (unpaired) electrons. The largest absolute Gasteiger partial charge is 0.521 e. The molecule has 0 saturated carbocycles. The number of hydrogen-bond donors (Lipinski definition) is 2. The molecule has 0 atom stereocenters. The van der Waals surface area contributed by atoms with E-state index in [-0.39, 0.29) is 30.6 Å². The maximum atomic E-state index is 13.2. The number of Topliss-reactive ketones (excluding diaryl/α,β-unsaturated/α-hetero) is 4. The Morgan fingerprint density at radius 1 is 0.422 bits per heavy atom. The molecule has 20 heteroatoms. The zero-order valence-corrected chi connectivity index (χ0v) is 59.6.